The van der Waals surface area contributed by atoms with E-state index in [9.17, 15) is 107 Å². The summed E-state index contributed by atoms with van der Waals surface area (Å²) >= 11 is 18.1. The van der Waals surface area contributed by atoms with Gasteiger partial charge in [0.05, 0.1) is 54.4 Å². The van der Waals surface area contributed by atoms with E-state index in [1.165, 1.54) is 87.0 Å². The molecule has 125 heavy (non-hydrogen) atoms. The van der Waals surface area contributed by atoms with E-state index in [4.69, 9.17) is 39.5 Å². The molecule has 12 rings (SSSR count). The summed E-state index contributed by atoms with van der Waals surface area (Å²) in [6.07, 6.45) is -26.6. The predicted molar refractivity (Wildman–Crippen MR) is 422 cm³/mol. The molecular formula is C91H65Cl3F22N4O5. The molecule has 3 heterocycles. The Labute approximate surface area is 714 Å². The lowest BCUT2D eigenvalue weighted by Crippen LogP contribution is -2.49. The van der Waals surface area contributed by atoms with Gasteiger partial charge in [-0.2, -0.15) is 70.2 Å². The smallest absolute Gasteiger partial charge is 0.461 e. The molecule has 0 saturated carbocycles. The van der Waals surface area contributed by atoms with E-state index in [2.05, 4.69) is 25.0 Å². The number of pyridine rings is 3. The molecule has 1 amide bonds. The zero-order valence-electron chi connectivity index (χ0n) is 64.9. The molecule has 34 heteroatoms. The molecule has 654 valence electrons. The maximum Gasteiger partial charge on any atom is 0.461 e. The summed E-state index contributed by atoms with van der Waals surface area (Å²) in [7, 11) is 0. The highest BCUT2D eigenvalue weighted by atomic mass is 35.5. The Hall–Kier alpha value is -11.8. The van der Waals surface area contributed by atoms with Crippen LogP contribution in [0, 0.1) is 37.1 Å². The van der Waals surface area contributed by atoms with Crippen molar-refractivity contribution in [1.29, 1.82) is 0 Å². The molecule has 3 atom stereocenters. The number of nitrogens with one attached hydrogen (secondary N) is 1. The van der Waals surface area contributed by atoms with E-state index in [0.29, 0.717) is 60.0 Å². The Morgan fingerprint density at radius 3 is 1.18 bits per heavy atom. The van der Waals surface area contributed by atoms with E-state index < -0.39 is 164 Å². The van der Waals surface area contributed by atoms with Crippen molar-refractivity contribution in [2.75, 3.05) is 6.61 Å². The Kier molecular flexibility index (Phi) is 29.6. The number of benzene rings is 9. The highest BCUT2D eigenvalue weighted by Crippen LogP contribution is 2.47. The van der Waals surface area contributed by atoms with Crippen LogP contribution in [0.25, 0.3) is 0 Å². The Balaban J connectivity index is 0.000000196. The average Bonchev–Trinajstić information content (AvgIpc) is 0.762. The maximum atomic E-state index is 15.0. The standard InChI is InChI=1S/C31H23ClF7NO2.C30H21ClF8N2O2.C30H21ClF7NO/c1-29(35,36)18-42-24-13-21(12-23(33)14-24)30(15-19-5-3-2-4-6-19,28-10-8-22(32)17-40-28)16-27(41)20-7-9-26(34)25(11-20)31(37,38)39;1-17-7-8-19(11-24(17)29(35,36)37)26(42)41-28(15-18-5-3-2-4-6-18,25-10-9-21(31)16-40-25)20-12-22(32)14-23(13-20)43-30(38,39)27(33)34;1-18-7-9-21(14-23(18)29(33,34)35)28(15-19-5-3-2-4-6-19,27-12-10-22(31)17-39-27)16-26(40)20-8-11-25(32)24(13-20)30(36,37)38/h2-14,17H,15-16,18H2,1H3;2-14,16,27H,15H2,1H3,(H,41,42);2-14,17H,15-16H2,1H3/t;28-;/m.1./s1. The van der Waals surface area contributed by atoms with Gasteiger partial charge in [-0.3, -0.25) is 29.3 Å². The fourth-order valence-corrected chi connectivity index (χ4v) is 14.1. The number of aryl methyl sites for hydroxylation is 2. The zero-order chi connectivity index (χ0) is 91.6. The number of carbonyl (C=O) groups excluding carboxylic acids is 3. The van der Waals surface area contributed by atoms with Crippen molar-refractivity contribution >= 4 is 52.3 Å². The fraction of sp³-hybridized carbons (Fsp3) is 0.209. The third kappa shape index (κ3) is 24.2. The lowest BCUT2D eigenvalue weighted by molar-refractivity contribution is -0.253. The van der Waals surface area contributed by atoms with Crippen molar-refractivity contribution in [2.24, 2.45) is 0 Å². The van der Waals surface area contributed by atoms with Crippen LogP contribution in [-0.4, -0.2) is 57.5 Å². The molecule has 0 aliphatic carbocycles. The third-order valence-electron chi connectivity index (χ3n) is 19.7. The second-order valence-electron chi connectivity index (χ2n) is 28.9. The number of alkyl halides is 18. The molecule has 0 fully saturated rings. The molecule has 12 aromatic rings. The summed E-state index contributed by atoms with van der Waals surface area (Å²) < 4.78 is 311. The Morgan fingerprint density at radius 2 is 0.768 bits per heavy atom. The molecule has 0 spiro atoms. The van der Waals surface area contributed by atoms with Crippen LogP contribution in [0.4, 0.5) is 96.6 Å². The molecule has 0 saturated heterocycles. The molecule has 0 radical (unpaired) electrons. The minimum absolute atomic E-state index is 0.0195. The van der Waals surface area contributed by atoms with Gasteiger partial charge < -0.3 is 14.8 Å². The first kappa shape index (κ1) is 95.4. The predicted octanol–water partition coefficient (Wildman–Crippen LogP) is 26.2. The van der Waals surface area contributed by atoms with Gasteiger partial charge in [-0.1, -0.05) is 144 Å². The summed E-state index contributed by atoms with van der Waals surface area (Å²) in [6.45, 7) is 2.08. The average molecular weight is 1820 g/mol. The van der Waals surface area contributed by atoms with Gasteiger partial charge in [-0.25, -0.2) is 26.3 Å². The number of carbonyl (C=O) groups is 3. The van der Waals surface area contributed by atoms with Crippen LogP contribution >= 0.6 is 34.8 Å². The van der Waals surface area contributed by atoms with Crippen LogP contribution in [0.3, 0.4) is 0 Å². The first-order valence-corrected chi connectivity index (χ1v) is 38.0. The van der Waals surface area contributed by atoms with E-state index >= 15 is 4.39 Å². The summed E-state index contributed by atoms with van der Waals surface area (Å²) in [5.41, 5.74) is -9.86. The lowest BCUT2D eigenvalue weighted by atomic mass is 9.68. The van der Waals surface area contributed by atoms with Gasteiger partial charge in [0, 0.05) is 84.4 Å². The number of rotatable bonds is 26. The number of hydrogen-bond donors (Lipinski definition) is 1. The quantitative estimate of drug-likeness (QED) is 0.0420. The molecule has 3 aromatic heterocycles. The number of aromatic nitrogens is 3. The number of ether oxygens (including phenoxy) is 2. The monoisotopic (exact) mass is 1820 g/mol. The number of hydrogen-bond acceptors (Lipinski definition) is 8. The minimum Gasteiger partial charge on any atom is -0.487 e. The van der Waals surface area contributed by atoms with Gasteiger partial charge in [0.25, 0.3) is 11.8 Å². The lowest BCUT2D eigenvalue weighted by Gasteiger charge is -2.36. The van der Waals surface area contributed by atoms with Crippen molar-refractivity contribution < 1.29 is 120 Å². The van der Waals surface area contributed by atoms with Crippen molar-refractivity contribution in [1.82, 2.24) is 20.3 Å². The molecule has 0 aliphatic rings. The summed E-state index contributed by atoms with van der Waals surface area (Å²) in [5, 5.41) is 3.24. The van der Waals surface area contributed by atoms with Crippen LogP contribution in [0.5, 0.6) is 11.5 Å². The first-order valence-electron chi connectivity index (χ1n) is 36.9. The number of halogens is 25. The summed E-state index contributed by atoms with van der Waals surface area (Å²) in [5.74, 6) is -12.4. The highest BCUT2D eigenvalue weighted by Gasteiger charge is 2.48. The maximum absolute atomic E-state index is 15.0. The Bertz CT molecular complexity index is 5790. The number of Topliss-reactive ketones (excluding diaryl/α,β-unsaturated/α-hetero) is 2. The van der Waals surface area contributed by atoms with E-state index in [1.807, 2.05) is 0 Å². The van der Waals surface area contributed by atoms with E-state index in [-0.39, 0.29) is 85.0 Å². The number of nitrogens with zero attached hydrogens (tertiary/aromatic N) is 3. The third-order valence-corrected chi connectivity index (χ3v) is 20.4. The second kappa shape index (κ2) is 38.7. The topological polar surface area (TPSA) is 120 Å². The number of ketones is 2. The van der Waals surface area contributed by atoms with Crippen molar-refractivity contribution in [2.45, 2.75) is 112 Å². The SMILES string of the molecule is CC(F)(F)COc1cc(F)cc(C(CC(=O)c2ccc(F)c(C(F)(F)F)c2)(Cc2ccccc2)c2ccc(Cl)cn2)c1.Cc1ccc(C(=O)N[C@](Cc2ccccc2)(c2cc(F)cc(OC(F)(F)C(F)F)c2)c2ccc(Cl)cn2)cc1C(F)(F)F.Cc1ccc(C(CC(=O)c2ccc(F)c(C(F)(F)F)c2)(Cc2ccccc2)c2ccc(Cl)cn2)cc1C(F)(F)F. The molecule has 9 aromatic carbocycles. The van der Waals surface area contributed by atoms with Crippen LogP contribution in [-0.2, 0) is 60.3 Å². The zero-order valence-corrected chi connectivity index (χ0v) is 67.2. The van der Waals surface area contributed by atoms with Crippen molar-refractivity contribution in [3.8, 4) is 11.5 Å². The number of amides is 1. The normalized spacial score (nSPS) is 13.5. The highest BCUT2D eigenvalue weighted by molar-refractivity contribution is 6.31. The largest absolute Gasteiger partial charge is 0.487 e. The van der Waals surface area contributed by atoms with E-state index in [0.717, 1.165) is 54.6 Å². The van der Waals surface area contributed by atoms with Crippen molar-refractivity contribution in [3.63, 3.8) is 0 Å². The molecule has 0 bridgehead atoms. The molecule has 1 N–H and O–H groups in total. The van der Waals surface area contributed by atoms with Gasteiger partial charge in [0.1, 0.15) is 40.3 Å². The summed E-state index contributed by atoms with van der Waals surface area (Å²) in [6, 6.07) is 49.7. The van der Waals surface area contributed by atoms with Gasteiger partial charge in [-0.15, -0.1) is 0 Å². The summed E-state index contributed by atoms with van der Waals surface area (Å²) in [4.78, 5) is 54.0. The van der Waals surface area contributed by atoms with Gasteiger partial charge >= 0.3 is 37.2 Å². The first-order chi connectivity index (χ1) is 58.5. The minimum atomic E-state index is -5.06. The molecule has 9 nitrogen and oxygen atoms in total. The second-order valence-corrected chi connectivity index (χ2v) is 30.2. The van der Waals surface area contributed by atoms with E-state index in [1.54, 1.807) is 91.0 Å². The van der Waals surface area contributed by atoms with Crippen LogP contribution in [0.2, 0.25) is 15.1 Å². The van der Waals surface area contributed by atoms with Crippen LogP contribution in [0.1, 0.15) is 135 Å². The Morgan fingerprint density at radius 1 is 0.392 bits per heavy atom. The van der Waals surface area contributed by atoms with Crippen LogP contribution in [0.15, 0.2) is 255 Å². The van der Waals surface area contributed by atoms with Crippen LogP contribution < -0.4 is 14.8 Å². The molecule has 2 unspecified atom stereocenters. The molecular weight excluding hydrogens is 1750 g/mol. The molecule has 0 aliphatic heterocycles. The van der Waals surface area contributed by atoms with Crippen molar-refractivity contribution in [3.05, 3.63) is 394 Å². The van der Waals surface area contributed by atoms with Gasteiger partial charge in [0.15, 0.2) is 18.2 Å². The van der Waals surface area contributed by atoms with Gasteiger partial charge in [-0.05, 0) is 186 Å². The fourth-order valence-electron chi connectivity index (χ4n) is 13.8. The van der Waals surface area contributed by atoms with Gasteiger partial charge in [0.2, 0.25) is 0 Å².